The predicted octanol–water partition coefficient (Wildman–Crippen LogP) is 1.90. The number of nitrogen functional groups attached to an aromatic ring is 1. The summed E-state index contributed by atoms with van der Waals surface area (Å²) >= 11 is 0.714. The van der Waals surface area contributed by atoms with Crippen LogP contribution in [0.4, 0.5) is 5.69 Å². The number of hydrogen-bond acceptors (Lipinski definition) is 9. The Morgan fingerprint density at radius 3 is 2.32 bits per heavy atom. The number of hydrogen-bond donors (Lipinski definition) is 3. The number of methoxy groups -OCH3 is 1. The van der Waals surface area contributed by atoms with Gasteiger partial charge in [-0.05, 0) is 41.7 Å². The molecule has 3 aromatic rings. The monoisotopic (exact) mass is 525 g/mol. The van der Waals surface area contributed by atoms with Gasteiger partial charge in [0, 0.05) is 6.54 Å². The molecule has 0 aliphatic rings. The number of nitrogens with one attached hydrogen (secondary N) is 1. The predicted molar refractivity (Wildman–Crippen MR) is 137 cm³/mol. The van der Waals surface area contributed by atoms with Crippen molar-refractivity contribution in [2.75, 3.05) is 26.0 Å². The molecule has 0 saturated carbocycles. The second kappa shape index (κ2) is 12.5. The Balaban J connectivity index is 2.08. The molecule has 0 aliphatic heterocycles. The Morgan fingerprint density at radius 2 is 1.76 bits per heavy atom. The van der Waals surface area contributed by atoms with Crippen molar-refractivity contribution in [2.24, 2.45) is 5.73 Å². The van der Waals surface area contributed by atoms with Crippen LogP contribution in [-0.4, -0.2) is 53.2 Å². The molecule has 0 radical (unpaired) electrons. The molecular formula is C25H27N5O6S. The van der Waals surface area contributed by atoms with E-state index in [9.17, 15) is 19.2 Å². The largest absolute Gasteiger partial charge is 0.497 e. The van der Waals surface area contributed by atoms with Crippen molar-refractivity contribution in [3.05, 3.63) is 76.3 Å². The molecule has 1 aromatic heterocycles. The van der Waals surface area contributed by atoms with Crippen molar-refractivity contribution in [1.82, 2.24) is 14.6 Å². The first-order valence-electron chi connectivity index (χ1n) is 11.2. The molecule has 0 saturated heterocycles. The van der Waals surface area contributed by atoms with E-state index in [2.05, 4.69) is 9.69 Å². The smallest absolute Gasteiger partial charge is 0.325 e. The van der Waals surface area contributed by atoms with Crippen LogP contribution in [0.15, 0.2) is 54.6 Å². The Hall–Kier alpha value is -4.45. The summed E-state index contributed by atoms with van der Waals surface area (Å²) in [4.78, 5) is 52.2. The van der Waals surface area contributed by atoms with Gasteiger partial charge in [-0.1, -0.05) is 42.5 Å². The number of aromatic nitrogens is 1. The van der Waals surface area contributed by atoms with Gasteiger partial charge in [-0.25, -0.2) is 0 Å². The minimum Gasteiger partial charge on any atom is -0.497 e. The summed E-state index contributed by atoms with van der Waals surface area (Å²) in [6, 6.07) is 14.4. The lowest BCUT2D eigenvalue weighted by molar-refractivity contribution is -0.143. The minimum absolute atomic E-state index is 0.00639. The lowest BCUT2D eigenvalue weighted by Gasteiger charge is -2.31. The maximum atomic E-state index is 13.9. The number of anilines is 1. The maximum absolute atomic E-state index is 13.9. The van der Waals surface area contributed by atoms with Crippen LogP contribution in [0.2, 0.25) is 0 Å². The van der Waals surface area contributed by atoms with Crippen LogP contribution in [-0.2, 0) is 20.9 Å². The van der Waals surface area contributed by atoms with Crippen molar-refractivity contribution in [1.29, 1.82) is 0 Å². The van der Waals surface area contributed by atoms with E-state index in [1.165, 1.54) is 12.0 Å². The fourth-order valence-corrected chi connectivity index (χ4v) is 4.31. The highest BCUT2D eigenvalue weighted by Gasteiger charge is 2.35. The number of carbonyl (C=O) groups excluding carboxylic acids is 4. The summed E-state index contributed by atoms with van der Waals surface area (Å²) in [5.41, 5.74) is 12.2. The lowest BCUT2D eigenvalue weighted by atomic mass is 10.0. The SMILES string of the molecule is CCOC(=O)CNC(=O)[C@@H](c1ccc(OC)cc1)N(Cc1ccccc1)C(=O)c1snc(C(N)=O)c1N. The molecular weight excluding hydrogens is 498 g/mol. The van der Waals surface area contributed by atoms with Gasteiger partial charge in [0.15, 0.2) is 5.69 Å². The zero-order valence-electron chi connectivity index (χ0n) is 20.3. The first kappa shape index (κ1) is 27.1. The molecule has 0 unspecified atom stereocenters. The highest BCUT2D eigenvalue weighted by atomic mass is 32.1. The van der Waals surface area contributed by atoms with E-state index in [0.29, 0.717) is 22.8 Å². The number of esters is 1. The standard InChI is InChI=1S/C25H27N5O6S/c1-3-36-18(31)13-28-24(33)21(16-9-11-17(35-2)12-10-16)30(14-15-7-5-4-6-8-15)25(34)22-19(26)20(23(27)32)29-37-22/h4-12,21H,3,13-14,26H2,1-2H3,(H2,27,32)(H,28,33)/t21-/m1/s1. The molecule has 12 heteroatoms. The fourth-order valence-electron chi connectivity index (χ4n) is 3.55. The van der Waals surface area contributed by atoms with Gasteiger partial charge >= 0.3 is 5.97 Å². The minimum atomic E-state index is -1.19. The van der Waals surface area contributed by atoms with Crippen LogP contribution in [0.1, 0.15) is 44.3 Å². The topological polar surface area (TPSA) is 167 Å². The number of nitrogens with two attached hydrogens (primary N) is 2. The Morgan fingerprint density at radius 1 is 1.08 bits per heavy atom. The molecule has 1 heterocycles. The third kappa shape index (κ3) is 6.61. The number of rotatable bonds is 11. The van der Waals surface area contributed by atoms with Crippen LogP contribution in [0.25, 0.3) is 0 Å². The van der Waals surface area contributed by atoms with Crippen LogP contribution in [0.3, 0.4) is 0 Å². The Kier molecular flexibility index (Phi) is 9.16. The molecule has 5 N–H and O–H groups in total. The van der Waals surface area contributed by atoms with Crippen LogP contribution < -0.4 is 21.5 Å². The summed E-state index contributed by atoms with van der Waals surface area (Å²) in [5.74, 6) is -2.21. The summed E-state index contributed by atoms with van der Waals surface area (Å²) in [7, 11) is 1.51. The van der Waals surface area contributed by atoms with Crippen molar-refractivity contribution in [3.63, 3.8) is 0 Å². The number of benzene rings is 2. The molecule has 0 aliphatic carbocycles. The highest BCUT2D eigenvalue weighted by Crippen LogP contribution is 2.31. The average Bonchev–Trinajstić information content (AvgIpc) is 3.29. The van der Waals surface area contributed by atoms with Crippen molar-refractivity contribution in [3.8, 4) is 5.75 Å². The van der Waals surface area contributed by atoms with Crippen molar-refractivity contribution < 1.29 is 28.7 Å². The summed E-state index contributed by atoms with van der Waals surface area (Å²) in [6.45, 7) is 1.43. The van der Waals surface area contributed by atoms with E-state index in [4.69, 9.17) is 20.9 Å². The lowest BCUT2D eigenvalue weighted by Crippen LogP contribution is -2.44. The number of nitrogens with zero attached hydrogens (tertiary/aromatic N) is 2. The average molecular weight is 526 g/mol. The molecule has 0 spiro atoms. The molecule has 3 amide bonds. The van der Waals surface area contributed by atoms with Crippen LogP contribution >= 0.6 is 11.5 Å². The van der Waals surface area contributed by atoms with Gasteiger partial charge in [-0.15, -0.1) is 0 Å². The second-order valence-electron chi connectivity index (χ2n) is 7.76. The van der Waals surface area contributed by atoms with Crippen molar-refractivity contribution in [2.45, 2.75) is 19.5 Å². The maximum Gasteiger partial charge on any atom is 0.325 e. The van der Waals surface area contributed by atoms with Crippen LogP contribution in [0.5, 0.6) is 5.75 Å². The summed E-state index contributed by atoms with van der Waals surface area (Å²) in [6.07, 6.45) is 0. The number of carbonyl (C=O) groups is 4. The summed E-state index contributed by atoms with van der Waals surface area (Å²) in [5, 5.41) is 2.55. The molecule has 3 rings (SSSR count). The second-order valence-corrected chi connectivity index (χ2v) is 8.53. The van der Waals surface area contributed by atoms with Gasteiger partial charge < -0.3 is 31.2 Å². The Labute approximate surface area is 217 Å². The van der Waals surface area contributed by atoms with Crippen molar-refractivity contribution >= 4 is 40.9 Å². The third-order valence-corrected chi connectivity index (χ3v) is 6.17. The van der Waals surface area contributed by atoms with Gasteiger partial charge in [0.05, 0.1) is 19.4 Å². The first-order valence-corrected chi connectivity index (χ1v) is 12.0. The first-order chi connectivity index (χ1) is 17.8. The van der Waals surface area contributed by atoms with Gasteiger partial charge in [-0.3, -0.25) is 19.2 Å². The summed E-state index contributed by atoms with van der Waals surface area (Å²) < 4.78 is 14.0. The molecule has 0 bridgehead atoms. The fraction of sp³-hybridized carbons (Fsp3) is 0.240. The zero-order chi connectivity index (χ0) is 26.9. The molecule has 2 aromatic carbocycles. The van der Waals surface area contributed by atoms with Gasteiger partial charge in [0.25, 0.3) is 11.8 Å². The van der Waals surface area contributed by atoms with Gasteiger partial charge in [0.1, 0.15) is 23.2 Å². The normalized spacial score (nSPS) is 11.3. The number of primary amides is 1. The molecule has 11 nitrogen and oxygen atoms in total. The molecule has 1 atom stereocenters. The quantitative estimate of drug-likeness (QED) is 0.319. The van der Waals surface area contributed by atoms with E-state index >= 15 is 0 Å². The molecule has 194 valence electrons. The van der Waals surface area contributed by atoms with E-state index in [-0.39, 0.29) is 36.0 Å². The highest BCUT2D eigenvalue weighted by molar-refractivity contribution is 7.09. The molecule has 37 heavy (non-hydrogen) atoms. The Bertz CT molecular complexity index is 1260. The van der Waals surface area contributed by atoms with E-state index in [1.807, 2.05) is 6.07 Å². The number of amides is 3. The van der Waals surface area contributed by atoms with Crippen LogP contribution in [0, 0.1) is 0 Å². The van der Waals surface area contributed by atoms with Gasteiger partial charge in [-0.2, -0.15) is 4.37 Å². The van der Waals surface area contributed by atoms with E-state index in [1.54, 1.807) is 55.5 Å². The third-order valence-electron chi connectivity index (χ3n) is 5.32. The number of ether oxygens (including phenoxy) is 2. The van der Waals surface area contributed by atoms with E-state index < -0.39 is 29.7 Å². The van der Waals surface area contributed by atoms with E-state index in [0.717, 1.165) is 5.56 Å². The van der Waals surface area contributed by atoms with Gasteiger partial charge in [0.2, 0.25) is 5.91 Å². The molecule has 0 fully saturated rings. The zero-order valence-corrected chi connectivity index (χ0v) is 21.1.